The second kappa shape index (κ2) is 5.64. The van der Waals surface area contributed by atoms with Crippen molar-refractivity contribution in [2.24, 2.45) is 0 Å². The number of nitrogens with zero attached hydrogens (tertiary/aromatic N) is 1. The normalized spacial score (nSPS) is 23.2. The van der Waals surface area contributed by atoms with E-state index in [0.29, 0.717) is 0 Å². The van der Waals surface area contributed by atoms with Crippen LogP contribution in [0.15, 0.2) is 18.2 Å². The standard InChI is InChI=1S/C17H26N2/c1-13-5-3-6-14(2)17(13)12-19(16-8-9-16)11-15-7-4-10-18-15/h3,5-6,15-16,18H,4,7-12H2,1-2H3. The Morgan fingerprint density at radius 2 is 1.89 bits per heavy atom. The number of benzene rings is 1. The van der Waals surface area contributed by atoms with E-state index in [-0.39, 0.29) is 0 Å². The highest BCUT2D eigenvalue weighted by atomic mass is 15.2. The molecule has 1 aromatic carbocycles. The van der Waals surface area contributed by atoms with Crippen LogP contribution in [-0.4, -0.2) is 30.1 Å². The van der Waals surface area contributed by atoms with E-state index < -0.39 is 0 Å². The lowest BCUT2D eigenvalue weighted by atomic mass is 10.0. The van der Waals surface area contributed by atoms with Crippen LogP contribution in [0.25, 0.3) is 0 Å². The third-order valence-electron chi connectivity index (χ3n) is 4.69. The monoisotopic (exact) mass is 258 g/mol. The minimum absolute atomic E-state index is 0.727. The number of hydrogen-bond donors (Lipinski definition) is 1. The van der Waals surface area contributed by atoms with E-state index in [2.05, 4.69) is 42.3 Å². The van der Waals surface area contributed by atoms with Crippen LogP contribution in [0, 0.1) is 13.8 Å². The summed E-state index contributed by atoms with van der Waals surface area (Å²) in [6, 6.07) is 8.25. The fourth-order valence-electron chi connectivity index (χ4n) is 3.28. The van der Waals surface area contributed by atoms with E-state index in [1.54, 1.807) is 5.56 Å². The zero-order valence-corrected chi connectivity index (χ0v) is 12.3. The van der Waals surface area contributed by atoms with Gasteiger partial charge in [0.2, 0.25) is 0 Å². The van der Waals surface area contributed by atoms with Crippen molar-refractivity contribution in [2.45, 2.75) is 58.2 Å². The largest absolute Gasteiger partial charge is 0.313 e. The molecule has 2 aliphatic rings. The molecule has 104 valence electrons. The Hall–Kier alpha value is -0.860. The van der Waals surface area contributed by atoms with Crippen LogP contribution in [0.3, 0.4) is 0 Å². The maximum atomic E-state index is 3.64. The molecule has 0 bridgehead atoms. The average Bonchev–Trinajstić information content (AvgIpc) is 3.11. The molecule has 1 atom stereocenters. The molecule has 0 amide bonds. The van der Waals surface area contributed by atoms with Crippen molar-refractivity contribution in [3.05, 3.63) is 34.9 Å². The first-order valence-corrected chi connectivity index (χ1v) is 7.76. The molecular weight excluding hydrogens is 232 g/mol. The van der Waals surface area contributed by atoms with Gasteiger partial charge in [0.25, 0.3) is 0 Å². The van der Waals surface area contributed by atoms with Gasteiger partial charge in [0.05, 0.1) is 0 Å². The lowest BCUT2D eigenvalue weighted by Gasteiger charge is -2.27. The molecule has 1 aromatic rings. The van der Waals surface area contributed by atoms with Gasteiger partial charge in [-0.25, -0.2) is 0 Å². The van der Waals surface area contributed by atoms with Crippen molar-refractivity contribution in [1.29, 1.82) is 0 Å². The van der Waals surface area contributed by atoms with Gasteiger partial charge in [-0.1, -0.05) is 18.2 Å². The fraction of sp³-hybridized carbons (Fsp3) is 0.647. The van der Waals surface area contributed by atoms with E-state index in [4.69, 9.17) is 0 Å². The van der Waals surface area contributed by atoms with E-state index in [1.165, 1.54) is 49.9 Å². The molecular formula is C17H26N2. The van der Waals surface area contributed by atoms with E-state index in [0.717, 1.165) is 18.6 Å². The number of hydrogen-bond acceptors (Lipinski definition) is 2. The van der Waals surface area contributed by atoms with Gasteiger partial charge in [0, 0.05) is 25.2 Å². The quantitative estimate of drug-likeness (QED) is 0.873. The summed E-state index contributed by atoms with van der Waals surface area (Å²) in [5, 5.41) is 3.64. The highest BCUT2D eigenvalue weighted by Crippen LogP contribution is 2.30. The zero-order chi connectivity index (χ0) is 13.2. The molecule has 1 aliphatic heterocycles. The van der Waals surface area contributed by atoms with E-state index in [9.17, 15) is 0 Å². The maximum absolute atomic E-state index is 3.64. The zero-order valence-electron chi connectivity index (χ0n) is 12.3. The summed E-state index contributed by atoms with van der Waals surface area (Å²) in [7, 11) is 0. The van der Waals surface area contributed by atoms with Gasteiger partial charge in [-0.3, -0.25) is 4.90 Å². The van der Waals surface area contributed by atoms with Crippen LogP contribution in [-0.2, 0) is 6.54 Å². The molecule has 3 rings (SSSR count). The average molecular weight is 258 g/mol. The molecule has 0 aromatic heterocycles. The second-order valence-electron chi connectivity index (χ2n) is 6.32. The first-order chi connectivity index (χ1) is 9.24. The Balaban J connectivity index is 1.70. The second-order valence-corrected chi connectivity index (χ2v) is 6.32. The van der Waals surface area contributed by atoms with Gasteiger partial charge in [-0.2, -0.15) is 0 Å². The van der Waals surface area contributed by atoms with Gasteiger partial charge in [0.15, 0.2) is 0 Å². The molecule has 1 heterocycles. The topological polar surface area (TPSA) is 15.3 Å². The molecule has 1 unspecified atom stereocenters. The Morgan fingerprint density at radius 1 is 1.16 bits per heavy atom. The van der Waals surface area contributed by atoms with Gasteiger partial charge in [0.1, 0.15) is 0 Å². The highest BCUT2D eigenvalue weighted by Gasteiger charge is 2.31. The van der Waals surface area contributed by atoms with Crippen LogP contribution in [0.4, 0.5) is 0 Å². The third kappa shape index (κ3) is 3.18. The van der Waals surface area contributed by atoms with Crippen molar-refractivity contribution in [3.63, 3.8) is 0 Å². The minimum Gasteiger partial charge on any atom is -0.313 e. The van der Waals surface area contributed by atoms with Crippen LogP contribution in [0.5, 0.6) is 0 Å². The lowest BCUT2D eigenvalue weighted by molar-refractivity contribution is 0.230. The number of rotatable bonds is 5. The predicted octanol–water partition coefficient (Wildman–Crippen LogP) is 3.02. The van der Waals surface area contributed by atoms with E-state index in [1.807, 2.05) is 0 Å². The summed E-state index contributed by atoms with van der Waals surface area (Å²) >= 11 is 0. The molecule has 1 aliphatic carbocycles. The van der Waals surface area contributed by atoms with E-state index >= 15 is 0 Å². The van der Waals surface area contributed by atoms with Gasteiger partial charge >= 0.3 is 0 Å². The Morgan fingerprint density at radius 3 is 2.47 bits per heavy atom. The first-order valence-electron chi connectivity index (χ1n) is 7.76. The molecule has 1 saturated carbocycles. The molecule has 0 spiro atoms. The number of nitrogens with one attached hydrogen (secondary N) is 1. The lowest BCUT2D eigenvalue weighted by Crippen LogP contribution is -2.38. The smallest absolute Gasteiger partial charge is 0.0242 e. The summed E-state index contributed by atoms with van der Waals surface area (Å²) in [6.07, 6.45) is 5.51. The first kappa shape index (κ1) is 13.1. The van der Waals surface area contributed by atoms with Crippen LogP contribution in [0.1, 0.15) is 42.4 Å². The molecule has 1 saturated heterocycles. The van der Waals surface area contributed by atoms with Crippen molar-refractivity contribution >= 4 is 0 Å². The summed E-state index contributed by atoms with van der Waals surface area (Å²) in [4.78, 5) is 2.72. The highest BCUT2D eigenvalue weighted by molar-refractivity contribution is 5.33. The molecule has 1 N–H and O–H groups in total. The molecule has 2 heteroatoms. The van der Waals surface area contributed by atoms with Crippen molar-refractivity contribution in [2.75, 3.05) is 13.1 Å². The van der Waals surface area contributed by atoms with Crippen LogP contribution < -0.4 is 5.32 Å². The fourth-order valence-corrected chi connectivity index (χ4v) is 3.28. The van der Waals surface area contributed by atoms with Crippen LogP contribution >= 0.6 is 0 Å². The SMILES string of the molecule is Cc1cccc(C)c1CN(CC1CCCN1)C1CC1. The molecule has 0 radical (unpaired) electrons. The van der Waals surface area contributed by atoms with Crippen molar-refractivity contribution < 1.29 is 0 Å². The Kier molecular flexibility index (Phi) is 3.90. The maximum Gasteiger partial charge on any atom is 0.0242 e. The van der Waals surface area contributed by atoms with Gasteiger partial charge in [-0.15, -0.1) is 0 Å². The van der Waals surface area contributed by atoms with Crippen molar-refractivity contribution in [1.82, 2.24) is 10.2 Å². The predicted molar refractivity (Wildman–Crippen MR) is 80.4 cm³/mol. The summed E-state index contributed by atoms with van der Waals surface area (Å²) < 4.78 is 0. The van der Waals surface area contributed by atoms with Gasteiger partial charge in [-0.05, 0) is 62.8 Å². The Labute approximate surface area is 117 Å². The Bertz CT molecular complexity index is 411. The minimum atomic E-state index is 0.727. The van der Waals surface area contributed by atoms with Crippen molar-refractivity contribution in [3.8, 4) is 0 Å². The molecule has 19 heavy (non-hydrogen) atoms. The molecule has 2 nitrogen and oxygen atoms in total. The summed E-state index contributed by atoms with van der Waals surface area (Å²) in [5.41, 5.74) is 4.45. The molecule has 2 fully saturated rings. The van der Waals surface area contributed by atoms with Crippen LogP contribution in [0.2, 0.25) is 0 Å². The summed E-state index contributed by atoms with van der Waals surface area (Å²) in [5.74, 6) is 0. The number of aryl methyl sites for hydroxylation is 2. The van der Waals surface area contributed by atoms with Gasteiger partial charge < -0.3 is 5.32 Å². The summed E-state index contributed by atoms with van der Waals surface area (Å²) in [6.45, 7) is 8.09. The third-order valence-corrected chi connectivity index (χ3v) is 4.69.